The molecule has 186 valence electrons. The molecule has 2 amide bonds. The summed E-state index contributed by atoms with van der Waals surface area (Å²) in [6.07, 6.45) is 1.49. The first kappa shape index (κ1) is 27.5. The number of carbonyl (C=O) groups is 2. The minimum absolute atomic E-state index is 0.0828. The first-order valence-corrected chi connectivity index (χ1v) is 13.2. The summed E-state index contributed by atoms with van der Waals surface area (Å²) in [5, 5.41) is 3.25. The van der Waals surface area contributed by atoms with Crippen molar-refractivity contribution >= 4 is 39.1 Å². The number of sulfonamides is 1. The summed E-state index contributed by atoms with van der Waals surface area (Å²) < 4.78 is 31.1. The summed E-state index contributed by atoms with van der Waals surface area (Å²) >= 11 is 5.91. The third kappa shape index (κ3) is 7.92. The molecule has 0 heterocycles. The molecule has 2 aromatic rings. The molecule has 10 heteroatoms. The fraction of sp³-hybridized carbons (Fsp3) is 0.417. The molecule has 0 spiro atoms. The van der Waals surface area contributed by atoms with Crippen LogP contribution in [0, 0.1) is 0 Å². The van der Waals surface area contributed by atoms with Crippen molar-refractivity contribution in [1.29, 1.82) is 0 Å². The van der Waals surface area contributed by atoms with Crippen LogP contribution in [0.15, 0.2) is 48.5 Å². The number of nitrogens with zero attached hydrogens (tertiary/aromatic N) is 2. The van der Waals surface area contributed by atoms with Gasteiger partial charge in [-0.3, -0.25) is 13.9 Å². The Hall–Kier alpha value is -2.78. The molecule has 0 saturated heterocycles. The maximum Gasteiger partial charge on any atom is 0.242 e. The van der Waals surface area contributed by atoms with E-state index in [1.165, 1.54) is 9.21 Å². The fourth-order valence-corrected chi connectivity index (χ4v) is 4.53. The van der Waals surface area contributed by atoms with Crippen LogP contribution in [0.5, 0.6) is 5.75 Å². The number of hydrogen-bond donors (Lipinski definition) is 1. The van der Waals surface area contributed by atoms with Crippen molar-refractivity contribution in [3.63, 3.8) is 0 Å². The zero-order valence-electron chi connectivity index (χ0n) is 20.0. The molecular weight excluding hydrogens is 478 g/mol. The van der Waals surface area contributed by atoms with Crippen LogP contribution in [0.1, 0.15) is 32.3 Å². The van der Waals surface area contributed by atoms with Crippen LogP contribution < -0.4 is 14.4 Å². The monoisotopic (exact) mass is 509 g/mol. The molecule has 34 heavy (non-hydrogen) atoms. The average molecular weight is 510 g/mol. The number of ether oxygens (including phenoxy) is 1. The van der Waals surface area contributed by atoms with Gasteiger partial charge in [-0.25, -0.2) is 8.42 Å². The third-order valence-corrected chi connectivity index (χ3v) is 6.74. The largest absolute Gasteiger partial charge is 0.497 e. The lowest BCUT2D eigenvalue weighted by Gasteiger charge is -2.29. The highest BCUT2D eigenvalue weighted by Crippen LogP contribution is 2.22. The van der Waals surface area contributed by atoms with Crippen molar-refractivity contribution in [2.24, 2.45) is 0 Å². The summed E-state index contributed by atoms with van der Waals surface area (Å²) in [6.45, 7) is 4.32. The molecule has 1 N–H and O–H groups in total. The highest BCUT2D eigenvalue weighted by molar-refractivity contribution is 7.92. The van der Waals surface area contributed by atoms with Crippen molar-refractivity contribution in [1.82, 2.24) is 10.2 Å². The van der Waals surface area contributed by atoms with Crippen LogP contribution in [-0.4, -0.2) is 57.6 Å². The maximum atomic E-state index is 13.2. The van der Waals surface area contributed by atoms with Gasteiger partial charge in [-0.2, -0.15) is 0 Å². The zero-order valence-corrected chi connectivity index (χ0v) is 21.5. The minimum Gasteiger partial charge on any atom is -0.497 e. The molecule has 0 unspecified atom stereocenters. The Bertz CT molecular complexity index is 1060. The van der Waals surface area contributed by atoms with Gasteiger partial charge < -0.3 is 15.0 Å². The van der Waals surface area contributed by atoms with Crippen molar-refractivity contribution in [2.45, 2.75) is 39.3 Å². The van der Waals surface area contributed by atoms with Gasteiger partial charge in [0.25, 0.3) is 0 Å². The van der Waals surface area contributed by atoms with Crippen LogP contribution in [0.2, 0.25) is 5.02 Å². The molecule has 1 atom stereocenters. The molecule has 0 fully saturated rings. The van der Waals surface area contributed by atoms with E-state index in [1.807, 2.05) is 19.1 Å². The Morgan fingerprint density at radius 3 is 2.24 bits per heavy atom. The van der Waals surface area contributed by atoms with Gasteiger partial charge in [-0.15, -0.1) is 0 Å². The van der Waals surface area contributed by atoms with Gasteiger partial charge in [-0.1, -0.05) is 23.7 Å². The normalized spacial score (nSPS) is 12.0. The quantitative estimate of drug-likeness (QED) is 0.472. The van der Waals surface area contributed by atoms with E-state index in [1.54, 1.807) is 50.4 Å². The summed E-state index contributed by atoms with van der Waals surface area (Å²) in [7, 11) is -1.98. The molecular formula is C24H32ClN3O5S. The molecule has 0 radical (unpaired) electrons. The number of amides is 2. The summed E-state index contributed by atoms with van der Waals surface area (Å²) in [4.78, 5) is 27.2. The SMILES string of the molecule is CCNC(=O)[C@@H](C)N(Cc1ccc(OC)cc1)C(=O)CCCN(c1ccc(Cl)cc1)S(C)(=O)=O. The fourth-order valence-electron chi connectivity index (χ4n) is 3.44. The van der Waals surface area contributed by atoms with Gasteiger partial charge in [0.2, 0.25) is 21.8 Å². The van der Waals surface area contributed by atoms with Crippen molar-refractivity contribution in [3.05, 3.63) is 59.1 Å². The van der Waals surface area contributed by atoms with Gasteiger partial charge in [0, 0.05) is 31.1 Å². The van der Waals surface area contributed by atoms with Gasteiger partial charge in [0.15, 0.2) is 0 Å². The van der Waals surface area contributed by atoms with Crippen molar-refractivity contribution in [3.8, 4) is 5.75 Å². The van der Waals surface area contributed by atoms with E-state index in [0.29, 0.717) is 23.0 Å². The summed E-state index contributed by atoms with van der Waals surface area (Å²) in [5.74, 6) is 0.212. The van der Waals surface area contributed by atoms with Crippen LogP contribution in [0.4, 0.5) is 5.69 Å². The smallest absolute Gasteiger partial charge is 0.242 e. The predicted octanol–water partition coefficient (Wildman–Crippen LogP) is 3.45. The van der Waals surface area contributed by atoms with Gasteiger partial charge in [0.05, 0.1) is 19.1 Å². The number of rotatable bonds is 12. The molecule has 0 bridgehead atoms. The third-order valence-electron chi connectivity index (χ3n) is 5.30. The van der Waals surface area contributed by atoms with Crippen LogP contribution >= 0.6 is 11.6 Å². The number of benzene rings is 2. The zero-order chi connectivity index (χ0) is 25.3. The summed E-state index contributed by atoms with van der Waals surface area (Å²) in [5.41, 5.74) is 1.33. The Morgan fingerprint density at radius 1 is 1.09 bits per heavy atom. The number of anilines is 1. The molecule has 2 aromatic carbocycles. The molecule has 0 aromatic heterocycles. The standard InChI is InChI=1S/C24H32ClN3O5S/c1-5-26-24(30)18(2)27(17-19-8-14-22(33-3)15-9-19)23(29)7-6-16-28(34(4,31)32)21-12-10-20(25)11-13-21/h8-15,18H,5-7,16-17H2,1-4H3,(H,26,30)/t18-/m1/s1. The highest BCUT2D eigenvalue weighted by atomic mass is 35.5. The van der Waals surface area contributed by atoms with E-state index in [4.69, 9.17) is 16.3 Å². The van der Waals surface area contributed by atoms with E-state index in [-0.39, 0.29) is 37.7 Å². The molecule has 8 nitrogen and oxygen atoms in total. The lowest BCUT2D eigenvalue weighted by molar-refractivity contribution is -0.140. The second-order valence-corrected chi connectivity index (χ2v) is 10.2. The van der Waals surface area contributed by atoms with E-state index in [2.05, 4.69) is 5.32 Å². The molecule has 0 aliphatic rings. The average Bonchev–Trinajstić information content (AvgIpc) is 2.80. The maximum absolute atomic E-state index is 13.2. The molecule has 0 saturated carbocycles. The Kier molecular flexibility index (Phi) is 10.2. The lowest BCUT2D eigenvalue weighted by atomic mass is 10.1. The molecule has 0 aliphatic heterocycles. The Labute approximate surface area is 206 Å². The van der Waals surface area contributed by atoms with Crippen molar-refractivity contribution < 1.29 is 22.7 Å². The Morgan fingerprint density at radius 2 is 1.71 bits per heavy atom. The van der Waals surface area contributed by atoms with E-state index >= 15 is 0 Å². The number of nitrogens with one attached hydrogen (secondary N) is 1. The van der Waals surface area contributed by atoms with Crippen LogP contribution in [0.25, 0.3) is 0 Å². The number of halogens is 1. The second-order valence-electron chi connectivity index (χ2n) is 7.86. The minimum atomic E-state index is -3.55. The van der Waals surface area contributed by atoms with Crippen molar-refractivity contribution in [2.75, 3.05) is 30.8 Å². The van der Waals surface area contributed by atoms with Gasteiger partial charge >= 0.3 is 0 Å². The van der Waals surface area contributed by atoms with E-state index in [0.717, 1.165) is 11.8 Å². The number of hydrogen-bond acceptors (Lipinski definition) is 5. The molecule has 2 rings (SSSR count). The first-order chi connectivity index (χ1) is 16.1. The predicted molar refractivity (Wildman–Crippen MR) is 135 cm³/mol. The Balaban J connectivity index is 2.14. The first-order valence-electron chi connectivity index (χ1n) is 11.0. The van der Waals surface area contributed by atoms with Crippen LogP contribution in [0.3, 0.4) is 0 Å². The second kappa shape index (κ2) is 12.6. The highest BCUT2D eigenvalue weighted by Gasteiger charge is 2.26. The number of likely N-dealkylation sites (N-methyl/N-ethyl adjacent to an activating group) is 1. The van der Waals surface area contributed by atoms with E-state index < -0.39 is 16.1 Å². The van der Waals surface area contributed by atoms with Crippen LogP contribution in [-0.2, 0) is 26.2 Å². The lowest BCUT2D eigenvalue weighted by Crippen LogP contribution is -2.47. The summed E-state index contributed by atoms with van der Waals surface area (Å²) in [6, 6.07) is 13.1. The number of methoxy groups -OCH3 is 1. The van der Waals surface area contributed by atoms with Gasteiger partial charge in [0.1, 0.15) is 11.8 Å². The van der Waals surface area contributed by atoms with Gasteiger partial charge in [-0.05, 0) is 62.2 Å². The van der Waals surface area contributed by atoms with E-state index in [9.17, 15) is 18.0 Å². The number of carbonyl (C=O) groups excluding carboxylic acids is 2. The molecule has 0 aliphatic carbocycles. The topological polar surface area (TPSA) is 96.0 Å².